The molecule has 4 aromatic rings. The van der Waals surface area contributed by atoms with Crippen LogP contribution in [0.4, 0.5) is 0 Å². The fourth-order valence-corrected chi connectivity index (χ4v) is 2.89. The Bertz CT molecular complexity index is 846. The number of rotatable bonds is 2. The first kappa shape index (κ1) is 11.3. The highest BCUT2D eigenvalue weighted by Gasteiger charge is 2.10. The topological polar surface area (TPSA) is 33.6 Å². The Balaban J connectivity index is 2.00. The maximum Gasteiger partial charge on any atom is 0.0822 e. The number of fused-ring (bicyclic) bond motifs is 3. The number of aromatic amines is 1. The maximum absolute atomic E-state index is 4.36. The molecule has 0 saturated carbocycles. The van der Waals surface area contributed by atoms with Crippen LogP contribution in [0.1, 0.15) is 11.4 Å². The van der Waals surface area contributed by atoms with E-state index in [0.29, 0.717) is 0 Å². The lowest BCUT2D eigenvalue weighted by molar-refractivity contribution is 0.823. The smallest absolute Gasteiger partial charge is 0.0822 e. The first-order chi connectivity index (χ1) is 9.83. The predicted molar refractivity (Wildman–Crippen MR) is 81.9 cm³/mol. The molecule has 0 saturated heterocycles. The third kappa shape index (κ3) is 1.63. The highest BCUT2D eigenvalue weighted by molar-refractivity contribution is 6.07. The summed E-state index contributed by atoms with van der Waals surface area (Å²) in [5.74, 6) is 0. The predicted octanol–water partition coefficient (Wildman–Crippen LogP) is 3.87. The Morgan fingerprint density at radius 2 is 1.55 bits per heavy atom. The van der Waals surface area contributed by atoms with Gasteiger partial charge in [-0.25, -0.2) is 0 Å². The van der Waals surface area contributed by atoms with E-state index in [4.69, 9.17) is 0 Å². The second kappa shape index (κ2) is 4.23. The Hall–Kier alpha value is -2.55. The summed E-state index contributed by atoms with van der Waals surface area (Å²) >= 11 is 0. The molecule has 2 aromatic carbocycles. The van der Waals surface area contributed by atoms with Gasteiger partial charge in [-0.1, -0.05) is 36.4 Å². The fraction of sp³-hybridized carbons (Fsp3) is 0.118. The molecule has 1 N–H and O–H groups in total. The largest absolute Gasteiger partial charge is 0.334 e. The molecule has 0 aliphatic heterocycles. The van der Waals surface area contributed by atoms with Crippen molar-refractivity contribution in [2.75, 3.05) is 0 Å². The summed E-state index contributed by atoms with van der Waals surface area (Å²) in [7, 11) is 0. The molecule has 2 heterocycles. The molecule has 0 atom stereocenters. The molecule has 4 rings (SSSR count). The van der Waals surface area contributed by atoms with Crippen molar-refractivity contribution in [2.24, 2.45) is 0 Å². The van der Waals surface area contributed by atoms with Crippen LogP contribution in [0.25, 0.3) is 21.8 Å². The molecule has 3 nitrogen and oxygen atoms in total. The van der Waals surface area contributed by atoms with Crippen molar-refractivity contribution >= 4 is 21.8 Å². The van der Waals surface area contributed by atoms with Gasteiger partial charge in [0.1, 0.15) is 0 Å². The second-order valence-corrected chi connectivity index (χ2v) is 5.16. The van der Waals surface area contributed by atoms with Gasteiger partial charge in [0.05, 0.1) is 12.2 Å². The van der Waals surface area contributed by atoms with Gasteiger partial charge in [0.15, 0.2) is 0 Å². The average molecular weight is 261 g/mol. The fourth-order valence-electron chi connectivity index (χ4n) is 2.89. The van der Waals surface area contributed by atoms with E-state index in [0.717, 1.165) is 17.9 Å². The monoisotopic (exact) mass is 261 g/mol. The van der Waals surface area contributed by atoms with Gasteiger partial charge in [-0.2, -0.15) is 5.10 Å². The quantitative estimate of drug-likeness (QED) is 0.584. The minimum Gasteiger partial charge on any atom is -0.334 e. The summed E-state index contributed by atoms with van der Waals surface area (Å²) in [5, 5.41) is 9.97. The molecular formula is C17H15N3. The van der Waals surface area contributed by atoms with E-state index in [1.807, 2.05) is 6.92 Å². The molecule has 0 bridgehead atoms. The summed E-state index contributed by atoms with van der Waals surface area (Å²) in [4.78, 5) is 0. The number of H-pyrrole nitrogens is 1. The number of nitrogens with zero attached hydrogens (tertiary/aromatic N) is 2. The van der Waals surface area contributed by atoms with E-state index in [9.17, 15) is 0 Å². The number of hydrogen-bond acceptors (Lipinski definition) is 1. The molecule has 0 radical (unpaired) electrons. The van der Waals surface area contributed by atoms with E-state index in [1.165, 1.54) is 21.8 Å². The zero-order chi connectivity index (χ0) is 13.5. The Labute approximate surface area is 116 Å². The van der Waals surface area contributed by atoms with E-state index in [1.54, 1.807) is 0 Å². The van der Waals surface area contributed by atoms with Crippen LogP contribution in [0.2, 0.25) is 0 Å². The van der Waals surface area contributed by atoms with Crippen molar-refractivity contribution in [3.05, 3.63) is 66.0 Å². The van der Waals surface area contributed by atoms with Crippen molar-refractivity contribution < 1.29 is 0 Å². The number of aryl methyl sites for hydroxylation is 1. The van der Waals surface area contributed by atoms with Crippen LogP contribution >= 0.6 is 0 Å². The van der Waals surface area contributed by atoms with Gasteiger partial charge in [-0.3, -0.25) is 5.10 Å². The van der Waals surface area contributed by atoms with Crippen LogP contribution in [0.3, 0.4) is 0 Å². The lowest BCUT2D eigenvalue weighted by atomic mass is 10.2. The van der Waals surface area contributed by atoms with Gasteiger partial charge in [-0.15, -0.1) is 0 Å². The molecular weight excluding hydrogens is 246 g/mol. The van der Waals surface area contributed by atoms with Crippen molar-refractivity contribution in [1.82, 2.24) is 14.8 Å². The summed E-state index contributed by atoms with van der Waals surface area (Å²) in [6, 6.07) is 19.2. The highest BCUT2D eigenvalue weighted by Crippen LogP contribution is 2.29. The third-order valence-electron chi connectivity index (χ3n) is 3.76. The van der Waals surface area contributed by atoms with Crippen molar-refractivity contribution in [1.29, 1.82) is 0 Å². The first-order valence-electron chi connectivity index (χ1n) is 6.80. The Kier molecular flexibility index (Phi) is 2.39. The van der Waals surface area contributed by atoms with Crippen LogP contribution in [-0.4, -0.2) is 14.8 Å². The Morgan fingerprint density at radius 1 is 0.950 bits per heavy atom. The summed E-state index contributed by atoms with van der Waals surface area (Å²) in [5.41, 5.74) is 4.68. The minimum atomic E-state index is 0.790. The van der Waals surface area contributed by atoms with Crippen LogP contribution in [-0.2, 0) is 6.54 Å². The van der Waals surface area contributed by atoms with Crippen LogP contribution in [0, 0.1) is 6.92 Å². The summed E-state index contributed by atoms with van der Waals surface area (Å²) < 4.78 is 2.33. The molecule has 3 heteroatoms. The summed E-state index contributed by atoms with van der Waals surface area (Å²) in [6.07, 6.45) is 0. The number of benzene rings is 2. The first-order valence-corrected chi connectivity index (χ1v) is 6.80. The number of aromatic nitrogens is 3. The van der Waals surface area contributed by atoms with E-state index in [-0.39, 0.29) is 0 Å². The Morgan fingerprint density at radius 3 is 2.10 bits per heavy atom. The zero-order valence-corrected chi connectivity index (χ0v) is 11.3. The normalized spacial score (nSPS) is 11.4. The van der Waals surface area contributed by atoms with Gasteiger partial charge >= 0.3 is 0 Å². The van der Waals surface area contributed by atoms with Crippen molar-refractivity contribution in [3.63, 3.8) is 0 Å². The van der Waals surface area contributed by atoms with E-state index >= 15 is 0 Å². The van der Waals surface area contributed by atoms with Crippen LogP contribution in [0.5, 0.6) is 0 Å². The van der Waals surface area contributed by atoms with Gasteiger partial charge in [0.2, 0.25) is 0 Å². The summed E-state index contributed by atoms with van der Waals surface area (Å²) in [6.45, 7) is 2.82. The van der Waals surface area contributed by atoms with Crippen molar-refractivity contribution in [2.45, 2.75) is 13.5 Å². The molecule has 0 amide bonds. The molecule has 2 aromatic heterocycles. The van der Waals surface area contributed by atoms with Gasteiger partial charge in [-0.05, 0) is 25.1 Å². The maximum atomic E-state index is 4.36. The second-order valence-electron chi connectivity index (χ2n) is 5.16. The molecule has 0 fully saturated rings. The minimum absolute atomic E-state index is 0.790. The molecule has 0 spiro atoms. The molecule has 0 aliphatic carbocycles. The lowest BCUT2D eigenvalue weighted by Crippen LogP contribution is -1.99. The molecule has 0 aliphatic rings. The van der Waals surface area contributed by atoms with E-state index < -0.39 is 0 Å². The van der Waals surface area contributed by atoms with Crippen molar-refractivity contribution in [3.8, 4) is 0 Å². The average Bonchev–Trinajstić information content (AvgIpc) is 3.03. The standard InChI is InChI=1S/C17H15N3/c1-12-10-13(19-18-12)11-20-16-8-4-2-6-14(16)15-7-3-5-9-17(15)20/h2-10H,11H2,1H3,(H,18,19). The molecule has 20 heavy (non-hydrogen) atoms. The molecule has 0 unspecified atom stereocenters. The van der Waals surface area contributed by atoms with E-state index in [2.05, 4.69) is 69.4 Å². The number of hydrogen-bond donors (Lipinski definition) is 1. The highest BCUT2D eigenvalue weighted by atomic mass is 15.1. The lowest BCUT2D eigenvalue weighted by Gasteiger charge is -2.04. The molecule has 98 valence electrons. The van der Waals surface area contributed by atoms with Crippen LogP contribution in [0.15, 0.2) is 54.6 Å². The third-order valence-corrected chi connectivity index (χ3v) is 3.76. The number of para-hydroxylation sites is 2. The zero-order valence-electron chi connectivity index (χ0n) is 11.3. The SMILES string of the molecule is Cc1cc(Cn2c3ccccc3c3ccccc32)n[nH]1. The van der Waals surface area contributed by atoms with Gasteiger partial charge in [0.25, 0.3) is 0 Å². The van der Waals surface area contributed by atoms with Crippen LogP contribution < -0.4 is 0 Å². The van der Waals surface area contributed by atoms with Gasteiger partial charge < -0.3 is 4.57 Å². The van der Waals surface area contributed by atoms with Gasteiger partial charge in [0, 0.05) is 27.5 Å². The number of nitrogens with one attached hydrogen (secondary N) is 1.